The van der Waals surface area contributed by atoms with Crippen LogP contribution in [0, 0.1) is 0 Å². The highest BCUT2D eigenvalue weighted by Crippen LogP contribution is 2.23. The van der Waals surface area contributed by atoms with Crippen molar-refractivity contribution < 1.29 is 44.9 Å². The van der Waals surface area contributed by atoms with E-state index in [1.807, 2.05) is 6.08 Å². The topological polar surface area (TPSA) is 169 Å². The Kier molecular flexibility index (Phi) is 38.1. The van der Waals surface area contributed by atoms with E-state index in [1.165, 1.54) is 147 Å². The number of allylic oxidation sites excluding steroid dienone is 7. The standard InChI is InChI=1S/C52H95NO9/c1-4-6-8-10-12-13-14-15-16-17-18-19-20-21-22-23-24-25-26-27-29-31-35-40-46(56)51(60)53-44(42-61-52-50(59)49(58)48(57)47(41-54)62-52)45(55)39-36-32-34-38-43(3)37-33-30-28-11-9-7-5-2/h13-14,33,36-39,44-50,52,54-59H,4-12,15-32,34-35,40-42H2,1-3H3,(H,53,60)/b14-13-,37-33+,39-36+,43-38+/t44-,45+,46+,47+,48+,49-,50+,52+/m0/s1. The normalized spacial score (nSPS) is 21.4. The number of carbonyl (C=O) groups is 1. The van der Waals surface area contributed by atoms with E-state index in [-0.39, 0.29) is 6.61 Å². The molecule has 362 valence electrons. The van der Waals surface area contributed by atoms with Crippen LogP contribution in [0.25, 0.3) is 0 Å². The molecule has 10 nitrogen and oxygen atoms in total. The predicted molar refractivity (Wildman–Crippen MR) is 255 cm³/mol. The molecule has 1 rings (SSSR count). The van der Waals surface area contributed by atoms with Crippen molar-refractivity contribution in [2.75, 3.05) is 13.2 Å². The van der Waals surface area contributed by atoms with Crippen molar-refractivity contribution >= 4 is 5.91 Å². The first-order valence-electron chi connectivity index (χ1n) is 25.4. The predicted octanol–water partition coefficient (Wildman–Crippen LogP) is 10.4. The number of nitrogens with one attached hydrogen (secondary N) is 1. The van der Waals surface area contributed by atoms with Gasteiger partial charge in [0, 0.05) is 0 Å². The lowest BCUT2D eigenvalue weighted by Gasteiger charge is -2.40. The number of aliphatic hydroxyl groups is 6. The Bertz CT molecular complexity index is 1160. The highest BCUT2D eigenvalue weighted by atomic mass is 16.7. The molecule has 0 saturated carbocycles. The molecule has 1 fully saturated rings. The van der Waals surface area contributed by atoms with E-state index in [1.54, 1.807) is 6.08 Å². The minimum atomic E-state index is -1.62. The van der Waals surface area contributed by atoms with E-state index in [2.05, 4.69) is 56.5 Å². The van der Waals surface area contributed by atoms with Gasteiger partial charge >= 0.3 is 0 Å². The van der Waals surface area contributed by atoms with Crippen molar-refractivity contribution in [2.45, 2.75) is 262 Å². The molecule has 0 aromatic carbocycles. The average Bonchev–Trinajstić information content (AvgIpc) is 3.27. The summed E-state index contributed by atoms with van der Waals surface area (Å²) in [5, 5.41) is 64.8. The number of hydrogen-bond donors (Lipinski definition) is 7. The molecule has 0 spiro atoms. The van der Waals surface area contributed by atoms with Gasteiger partial charge in [0.1, 0.15) is 30.5 Å². The molecule has 7 N–H and O–H groups in total. The molecular weight excluding hydrogens is 783 g/mol. The van der Waals surface area contributed by atoms with Crippen molar-refractivity contribution in [1.29, 1.82) is 0 Å². The minimum Gasteiger partial charge on any atom is -0.394 e. The summed E-state index contributed by atoms with van der Waals surface area (Å²) in [6, 6.07) is -1.01. The van der Waals surface area contributed by atoms with Crippen LogP contribution in [0.3, 0.4) is 0 Å². The molecule has 1 heterocycles. The van der Waals surface area contributed by atoms with E-state index in [4.69, 9.17) is 9.47 Å². The van der Waals surface area contributed by atoms with E-state index in [0.717, 1.165) is 32.1 Å². The summed E-state index contributed by atoms with van der Waals surface area (Å²) in [5.74, 6) is -0.633. The zero-order chi connectivity index (χ0) is 45.5. The van der Waals surface area contributed by atoms with Gasteiger partial charge in [-0.2, -0.15) is 0 Å². The SMILES string of the molecule is CCCCCC/C=C\CCCCCCCCCCCCCCCCC[C@@H](O)C(=O)N[C@@H](CO[C@@H]1O[C@H](CO)[C@@H](O)[C@H](O)[C@H]1O)[C@H](O)/C=C/CC/C=C(C)/C=C/CCCCCCC. The molecule has 8 atom stereocenters. The molecule has 0 unspecified atom stereocenters. The van der Waals surface area contributed by atoms with Gasteiger partial charge in [-0.1, -0.05) is 197 Å². The number of amides is 1. The Morgan fingerprint density at radius 1 is 0.613 bits per heavy atom. The lowest BCUT2D eigenvalue weighted by molar-refractivity contribution is -0.302. The highest BCUT2D eigenvalue weighted by molar-refractivity contribution is 5.80. The summed E-state index contributed by atoms with van der Waals surface area (Å²) < 4.78 is 11.1. The maximum Gasteiger partial charge on any atom is 0.249 e. The van der Waals surface area contributed by atoms with Crippen LogP contribution in [0.5, 0.6) is 0 Å². The molecule has 0 aromatic rings. The second-order valence-electron chi connectivity index (χ2n) is 17.9. The molecule has 0 radical (unpaired) electrons. The molecule has 0 bridgehead atoms. The van der Waals surface area contributed by atoms with Crippen LogP contribution in [0.15, 0.2) is 48.1 Å². The lowest BCUT2D eigenvalue weighted by atomic mass is 9.99. The first-order valence-corrected chi connectivity index (χ1v) is 25.4. The highest BCUT2D eigenvalue weighted by Gasteiger charge is 2.44. The maximum atomic E-state index is 13.1. The zero-order valence-electron chi connectivity index (χ0n) is 39.7. The summed E-state index contributed by atoms with van der Waals surface area (Å²) in [4.78, 5) is 13.1. The first kappa shape index (κ1) is 58.1. The fraction of sp³-hybridized carbons (Fsp3) is 0.827. The minimum absolute atomic E-state index is 0.299. The Morgan fingerprint density at radius 3 is 1.63 bits per heavy atom. The van der Waals surface area contributed by atoms with Gasteiger partial charge in [0.25, 0.3) is 0 Å². The van der Waals surface area contributed by atoms with Gasteiger partial charge in [-0.25, -0.2) is 0 Å². The molecule has 0 aliphatic carbocycles. The number of aliphatic hydroxyl groups excluding tert-OH is 6. The van der Waals surface area contributed by atoms with Crippen molar-refractivity contribution in [2.24, 2.45) is 0 Å². The van der Waals surface area contributed by atoms with Gasteiger partial charge in [0.05, 0.1) is 25.4 Å². The van der Waals surface area contributed by atoms with E-state index >= 15 is 0 Å². The van der Waals surface area contributed by atoms with E-state index in [9.17, 15) is 35.4 Å². The monoisotopic (exact) mass is 878 g/mol. The number of carbonyl (C=O) groups excluding carboxylic acids is 1. The second-order valence-corrected chi connectivity index (χ2v) is 17.9. The number of ether oxygens (including phenoxy) is 2. The molecule has 10 heteroatoms. The smallest absolute Gasteiger partial charge is 0.249 e. The molecule has 1 saturated heterocycles. The van der Waals surface area contributed by atoms with Crippen LogP contribution >= 0.6 is 0 Å². The molecule has 1 amide bonds. The Labute approximate surface area is 378 Å². The summed E-state index contributed by atoms with van der Waals surface area (Å²) in [7, 11) is 0. The van der Waals surface area contributed by atoms with Crippen molar-refractivity contribution in [3.63, 3.8) is 0 Å². The molecule has 1 aliphatic heterocycles. The fourth-order valence-electron chi connectivity index (χ4n) is 7.84. The molecular formula is C52H95NO9. The third kappa shape index (κ3) is 30.3. The largest absolute Gasteiger partial charge is 0.394 e. The van der Waals surface area contributed by atoms with Crippen molar-refractivity contribution in [3.05, 3.63) is 48.1 Å². The van der Waals surface area contributed by atoms with Crippen molar-refractivity contribution in [1.82, 2.24) is 5.32 Å². The average molecular weight is 878 g/mol. The van der Waals surface area contributed by atoms with Crippen molar-refractivity contribution in [3.8, 4) is 0 Å². The van der Waals surface area contributed by atoms with Gasteiger partial charge in [-0.05, 0) is 64.7 Å². The van der Waals surface area contributed by atoms with Gasteiger partial charge in [-0.15, -0.1) is 0 Å². The van der Waals surface area contributed by atoms with Crippen LogP contribution < -0.4 is 5.32 Å². The third-order valence-corrected chi connectivity index (χ3v) is 12.1. The van der Waals surface area contributed by atoms with Crippen LogP contribution in [0.1, 0.15) is 213 Å². The van der Waals surface area contributed by atoms with E-state index in [0.29, 0.717) is 19.3 Å². The maximum absolute atomic E-state index is 13.1. The first-order chi connectivity index (χ1) is 30.2. The quantitative estimate of drug-likeness (QED) is 0.0180. The summed E-state index contributed by atoms with van der Waals surface area (Å²) in [5.41, 5.74) is 1.18. The Morgan fingerprint density at radius 2 is 1.10 bits per heavy atom. The zero-order valence-corrected chi connectivity index (χ0v) is 39.7. The fourth-order valence-corrected chi connectivity index (χ4v) is 7.84. The number of hydrogen-bond acceptors (Lipinski definition) is 9. The van der Waals surface area contributed by atoms with Gasteiger partial charge in [0.15, 0.2) is 6.29 Å². The van der Waals surface area contributed by atoms with E-state index < -0.39 is 61.5 Å². The third-order valence-electron chi connectivity index (χ3n) is 12.1. The summed E-state index contributed by atoms with van der Waals surface area (Å²) in [6.45, 7) is 5.62. The van der Waals surface area contributed by atoms with Crippen LogP contribution in [-0.4, -0.2) is 98.7 Å². The molecule has 62 heavy (non-hydrogen) atoms. The Balaban J connectivity index is 2.37. The van der Waals surface area contributed by atoms with Gasteiger partial charge < -0.3 is 45.4 Å². The van der Waals surface area contributed by atoms with Crippen LogP contribution in [0.2, 0.25) is 0 Å². The molecule has 1 aliphatic rings. The second kappa shape index (κ2) is 40.6. The Hall–Kier alpha value is -1.89. The summed E-state index contributed by atoms with van der Waals surface area (Å²) >= 11 is 0. The number of unbranched alkanes of at least 4 members (excludes halogenated alkanes) is 25. The van der Waals surface area contributed by atoms with Crippen LogP contribution in [0.4, 0.5) is 0 Å². The lowest BCUT2D eigenvalue weighted by Crippen LogP contribution is -2.60. The van der Waals surface area contributed by atoms with Gasteiger partial charge in [-0.3, -0.25) is 4.79 Å². The number of rotatable bonds is 41. The molecule has 0 aromatic heterocycles. The van der Waals surface area contributed by atoms with Crippen LogP contribution in [-0.2, 0) is 14.3 Å². The summed E-state index contributed by atoms with van der Waals surface area (Å²) in [6.07, 6.45) is 40.3. The van der Waals surface area contributed by atoms with Gasteiger partial charge in [0.2, 0.25) is 5.91 Å².